The number of piperazine rings is 1. The molecule has 0 saturated carbocycles. The molecule has 3 amide bonds. The number of imidazole rings is 1. The fourth-order valence-corrected chi connectivity index (χ4v) is 4.47. The quantitative estimate of drug-likeness (QED) is 0.737. The van der Waals surface area contributed by atoms with E-state index in [-0.39, 0.29) is 18.0 Å². The van der Waals surface area contributed by atoms with Gasteiger partial charge < -0.3 is 24.4 Å². The number of nitrogens with zero attached hydrogens (tertiary/aromatic N) is 5. The van der Waals surface area contributed by atoms with Crippen LogP contribution in [0.15, 0.2) is 18.2 Å². The second kappa shape index (κ2) is 9.87. The van der Waals surface area contributed by atoms with Crippen molar-refractivity contribution < 1.29 is 14.3 Å². The average Bonchev–Trinajstić information content (AvgIpc) is 3.44. The van der Waals surface area contributed by atoms with Gasteiger partial charge in [-0.3, -0.25) is 9.69 Å². The van der Waals surface area contributed by atoms with Crippen LogP contribution < -0.4 is 5.32 Å². The Morgan fingerprint density at radius 1 is 1.22 bits per heavy atom. The first kappa shape index (κ1) is 22.5. The number of hydrogen-bond acceptors (Lipinski definition) is 5. The Hall–Kier alpha value is -2.65. The molecule has 0 bridgehead atoms. The van der Waals surface area contributed by atoms with E-state index in [0.29, 0.717) is 25.2 Å². The number of carbonyl (C=O) groups is 2. The monoisotopic (exact) mass is 442 g/mol. The number of rotatable bonds is 6. The third-order valence-corrected chi connectivity index (χ3v) is 6.33. The number of nitrogens with one attached hydrogen (secondary N) is 1. The second-order valence-electron chi connectivity index (χ2n) is 8.76. The Morgan fingerprint density at radius 3 is 2.66 bits per heavy atom. The maximum Gasteiger partial charge on any atom is 0.317 e. The zero-order valence-corrected chi connectivity index (χ0v) is 19.3. The lowest BCUT2D eigenvalue weighted by atomic mass is 10.2. The summed E-state index contributed by atoms with van der Waals surface area (Å²) in [4.78, 5) is 35.4. The standard InChI is InChI=1S/C23H34N6O3/c1-4-29-20-8-7-17(22(30)26(2)3)14-19(20)25-21(29)16-27-9-11-28(12-10-27)23(31)24-15-18-6-5-13-32-18/h7-8,14,18H,4-6,9-13,15-16H2,1-3H3,(H,24,31). The molecule has 32 heavy (non-hydrogen) atoms. The predicted octanol–water partition coefficient (Wildman–Crippen LogP) is 1.76. The third-order valence-electron chi connectivity index (χ3n) is 6.33. The summed E-state index contributed by atoms with van der Waals surface area (Å²) in [5, 5.41) is 3.01. The minimum atomic E-state index is -0.0200. The second-order valence-corrected chi connectivity index (χ2v) is 8.76. The predicted molar refractivity (Wildman–Crippen MR) is 123 cm³/mol. The first-order valence-corrected chi connectivity index (χ1v) is 11.5. The molecule has 0 radical (unpaired) electrons. The molecule has 0 aliphatic carbocycles. The molecule has 2 saturated heterocycles. The summed E-state index contributed by atoms with van der Waals surface area (Å²) < 4.78 is 7.79. The summed E-state index contributed by atoms with van der Waals surface area (Å²) >= 11 is 0. The molecule has 1 aromatic carbocycles. The molecule has 2 aromatic rings. The molecule has 2 fully saturated rings. The summed E-state index contributed by atoms with van der Waals surface area (Å²) in [7, 11) is 3.51. The SMILES string of the molecule is CCn1c(CN2CCN(C(=O)NCC3CCCO3)CC2)nc2cc(C(=O)N(C)C)ccc21. The van der Waals surface area contributed by atoms with Crippen molar-refractivity contribution in [2.45, 2.75) is 39.0 Å². The van der Waals surface area contributed by atoms with Crippen LogP contribution >= 0.6 is 0 Å². The lowest BCUT2D eigenvalue weighted by Crippen LogP contribution is -2.52. The topological polar surface area (TPSA) is 82.9 Å². The van der Waals surface area contributed by atoms with Crippen molar-refractivity contribution in [1.29, 1.82) is 0 Å². The van der Waals surface area contributed by atoms with Gasteiger partial charge in [-0.05, 0) is 38.0 Å². The van der Waals surface area contributed by atoms with E-state index in [4.69, 9.17) is 9.72 Å². The van der Waals surface area contributed by atoms with E-state index in [1.807, 2.05) is 23.1 Å². The Morgan fingerprint density at radius 2 is 2.00 bits per heavy atom. The number of carbonyl (C=O) groups excluding carboxylic acids is 2. The first-order valence-electron chi connectivity index (χ1n) is 11.5. The van der Waals surface area contributed by atoms with Crippen molar-refractivity contribution in [2.75, 3.05) is 53.4 Å². The summed E-state index contributed by atoms with van der Waals surface area (Å²) in [6.45, 7) is 8.07. The lowest BCUT2D eigenvalue weighted by molar-refractivity contribution is 0.0827. The molecule has 1 unspecified atom stereocenters. The number of hydrogen-bond donors (Lipinski definition) is 1. The van der Waals surface area contributed by atoms with Crippen LogP contribution in [0.4, 0.5) is 4.79 Å². The highest BCUT2D eigenvalue weighted by atomic mass is 16.5. The number of fused-ring (bicyclic) bond motifs is 1. The number of aromatic nitrogens is 2. The zero-order chi connectivity index (χ0) is 22.7. The highest BCUT2D eigenvalue weighted by molar-refractivity contribution is 5.97. The Labute approximate surface area is 189 Å². The van der Waals surface area contributed by atoms with Crippen LogP contribution in [0.5, 0.6) is 0 Å². The molecule has 1 atom stereocenters. The molecule has 174 valence electrons. The van der Waals surface area contributed by atoms with E-state index in [1.165, 1.54) is 0 Å². The Balaban J connectivity index is 1.36. The van der Waals surface area contributed by atoms with Crippen LogP contribution in [0.1, 0.15) is 35.9 Å². The molecule has 1 aromatic heterocycles. The largest absolute Gasteiger partial charge is 0.376 e. The van der Waals surface area contributed by atoms with Crippen LogP contribution in [0.25, 0.3) is 11.0 Å². The Bertz CT molecular complexity index is 958. The number of urea groups is 1. The van der Waals surface area contributed by atoms with Crippen LogP contribution in [-0.2, 0) is 17.8 Å². The van der Waals surface area contributed by atoms with Crippen molar-refractivity contribution in [3.8, 4) is 0 Å². The zero-order valence-electron chi connectivity index (χ0n) is 19.3. The fraction of sp³-hybridized carbons (Fsp3) is 0.609. The molecule has 1 N–H and O–H groups in total. The van der Waals surface area contributed by atoms with Crippen LogP contribution in [-0.4, -0.2) is 95.7 Å². The van der Waals surface area contributed by atoms with Gasteiger partial charge in [-0.2, -0.15) is 0 Å². The minimum Gasteiger partial charge on any atom is -0.376 e. The molecular weight excluding hydrogens is 408 g/mol. The van der Waals surface area contributed by atoms with Gasteiger partial charge in [0.05, 0.1) is 23.7 Å². The molecule has 2 aliphatic rings. The summed E-state index contributed by atoms with van der Waals surface area (Å²) in [5.74, 6) is 0.974. The average molecular weight is 443 g/mol. The van der Waals surface area contributed by atoms with Gasteiger partial charge in [0.25, 0.3) is 5.91 Å². The van der Waals surface area contributed by atoms with Crippen molar-refractivity contribution in [3.05, 3.63) is 29.6 Å². The molecule has 9 heteroatoms. The number of aryl methyl sites for hydroxylation is 1. The van der Waals surface area contributed by atoms with Gasteiger partial charge in [0, 0.05) is 65.5 Å². The van der Waals surface area contributed by atoms with E-state index in [2.05, 4.69) is 21.7 Å². The number of benzene rings is 1. The van der Waals surface area contributed by atoms with E-state index in [0.717, 1.165) is 62.5 Å². The maximum absolute atomic E-state index is 12.5. The van der Waals surface area contributed by atoms with Crippen LogP contribution in [0.2, 0.25) is 0 Å². The van der Waals surface area contributed by atoms with Crippen molar-refractivity contribution in [2.24, 2.45) is 0 Å². The van der Waals surface area contributed by atoms with Gasteiger partial charge in [-0.15, -0.1) is 0 Å². The molecule has 0 spiro atoms. The fourth-order valence-electron chi connectivity index (χ4n) is 4.47. The number of amides is 3. The van der Waals surface area contributed by atoms with Gasteiger partial charge >= 0.3 is 6.03 Å². The van der Waals surface area contributed by atoms with E-state index >= 15 is 0 Å². The van der Waals surface area contributed by atoms with Crippen molar-refractivity contribution >= 4 is 23.0 Å². The molecule has 3 heterocycles. The molecular formula is C23H34N6O3. The molecule has 2 aliphatic heterocycles. The summed E-state index contributed by atoms with van der Waals surface area (Å²) in [5.41, 5.74) is 2.55. The van der Waals surface area contributed by atoms with Crippen molar-refractivity contribution in [3.63, 3.8) is 0 Å². The van der Waals surface area contributed by atoms with Gasteiger partial charge in [-0.1, -0.05) is 0 Å². The van der Waals surface area contributed by atoms with Crippen LogP contribution in [0, 0.1) is 0 Å². The van der Waals surface area contributed by atoms with E-state index in [9.17, 15) is 9.59 Å². The van der Waals surface area contributed by atoms with Crippen molar-refractivity contribution in [1.82, 2.24) is 29.6 Å². The van der Waals surface area contributed by atoms with Crippen LogP contribution in [0.3, 0.4) is 0 Å². The summed E-state index contributed by atoms with van der Waals surface area (Å²) in [6.07, 6.45) is 2.27. The van der Waals surface area contributed by atoms with Gasteiger partial charge in [0.1, 0.15) is 5.82 Å². The Kier molecular flexibility index (Phi) is 6.95. The lowest BCUT2D eigenvalue weighted by Gasteiger charge is -2.34. The minimum absolute atomic E-state index is 0.000893. The van der Waals surface area contributed by atoms with E-state index in [1.54, 1.807) is 19.0 Å². The molecule has 9 nitrogen and oxygen atoms in total. The summed E-state index contributed by atoms with van der Waals surface area (Å²) in [6, 6.07) is 5.74. The van der Waals surface area contributed by atoms with Gasteiger partial charge in [0.2, 0.25) is 0 Å². The number of ether oxygens (including phenoxy) is 1. The highest BCUT2D eigenvalue weighted by Gasteiger charge is 2.24. The maximum atomic E-state index is 12.5. The van der Waals surface area contributed by atoms with Gasteiger partial charge in [0.15, 0.2) is 0 Å². The third kappa shape index (κ3) is 4.88. The highest BCUT2D eigenvalue weighted by Crippen LogP contribution is 2.20. The normalized spacial score (nSPS) is 19.5. The first-order chi connectivity index (χ1) is 15.5. The van der Waals surface area contributed by atoms with Gasteiger partial charge in [-0.25, -0.2) is 9.78 Å². The molecule has 4 rings (SSSR count). The van der Waals surface area contributed by atoms with E-state index < -0.39 is 0 Å². The smallest absolute Gasteiger partial charge is 0.317 e.